The Morgan fingerprint density at radius 3 is 1.84 bits per heavy atom. The highest BCUT2D eigenvalue weighted by atomic mass is 16.5. The molecule has 5 atom stereocenters. The molecule has 8 nitrogen and oxygen atoms in total. The van der Waals surface area contributed by atoms with Crippen molar-refractivity contribution in [2.45, 2.75) is 56.9 Å². The average molecular weight is 282 g/mol. The normalized spacial score (nSPS) is 20.4. The molecule has 5 unspecified atom stereocenters. The van der Waals surface area contributed by atoms with Gasteiger partial charge in [-0.25, -0.2) is 4.79 Å². The number of aliphatic hydroxyl groups excluding tert-OH is 5. The second kappa shape index (κ2) is 7.13. The third kappa shape index (κ3) is 6.28. The fourth-order valence-corrected chi connectivity index (χ4v) is 1.20. The molecule has 0 spiro atoms. The summed E-state index contributed by atoms with van der Waals surface area (Å²) in [5, 5.41) is 55.3. The molecule has 0 amide bonds. The Labute approximate surface area is 110 Å². The Kier molecular flexibility index (Phi) is 6.84. The molecule has 0 aromatic heterocycles. The number of rotatable bonds is 7. The fourth-order valence-electron chi connectivity index (χ4n) is 1.20. The number of carbonyl (C=O) groups is 1. The van der Waals surface area contributed by atoms with Crippen LogP contribution in [0, 0.1) is 0 Å². The lowest BCUT2D eigenvalue weighted by molar-refractivity contribution is -0.173. The third-order valence-corrected chi connectivity index (χ3v) is 2.36. The SMILES string of the molecule is CC(C)(C)OCC(O)C(O)C(O)C(O)C(O)C(=O)O. The van der Waals surface area contributed by atoms with Crippen LogP contribution in [0.25, 0.3) is 0 Å². The van der Waals surface area contributed by atoms with Crippen LogP contribution >= 0.6 is 0 Å². The average Bonchev–Trinajstić information content (AvgIpc) is 2.30. The second-order valence-electron chi connectivity index (χ2n) is 5.25. The van der Waals surface area contributed by atoms with Gasteiger partial charge in [-0.15, -0.1) is 0 Å². The van der Waals surface area contributed by atoms with Crippen LogP contribution in [0.1, 0.15) is 20.8 Å². The van der Waals surface area contributed by atoms with Gasteiger partial charge in [-0.1, -0.05) is 0 Å². The second-order valence-corrected chi connectivity index (χ2v) is 5.25. The summed E-state index contributed by atoms with van der Waals surface area (Å²) < 4.78 is 5.17. The van der Waals surface area contributed by atoms with E-state index in [2.05, 4.69) is 0 Å². The summed E-state index contributed by atoms with van der Waals surface area (Å²) in [6.07, 6.45) is -9.81. The Morgan fingerprint density at radius 2 is 1.47 bits per heavy atom. The summed E-state index contributed by atoms with van der Waals surface area (Å²) in [5.41, 5.74) is -0.579. The van der Waals surface area contributed by atoms with E-state index in [0.717, 1.165) is 0 Å². The van der Waals surface area contributed by atoms with Crippen LogP contribution < -0.4 is 0 Å². The van der Waals surface area contributed by atoms with E-state index in [1.165, 1.54) is 0 Å². The van der Waals surface area contributed by atoms with Crippen molar-refractivity contribution >= 4 is 5.97 Å². The lowest BCUT2D eigenvalue weighted by atomic mass is 9.99. The number of aliphatic hydroxyl groups is 5. The van der Waals surface area contributed by atoms with Crippen molar-refractivity contribution < 1.29 is 40.2 Å². The summed E-state index contributed by atoms with van der Waals surface area (Å²) in [6, 6.07) is 0. The quantitative estimate of drug-likeness (QED) is 0.305. The maximum atomic E-state index is 10.4. The van der Waals surface area contributed by atoms with Crippen molar-refractivity contribution in [3.05, 3.63) is 0 Å². The first-order valence-electron chi connectivity index (χ1n) is 5.74. The van der Waals surface area contributed by atoms with Gasteiger partial charge >= 0.3 is 5.97 Å². The zero-order chi connectivity index (χ0) is 15.4. The summed E-state index contributed by atoms with van der Waals surface area (Å²) >= 11 is 0. The molecule has 0 aliphatic carbocycles. The standard InChI is InChI=1S/C11H22O8/c1-11(2,3)19-4-5(12)6(13)7(14)8(15)9(16)10(17)18/h5-9,12-16H,4H2,1-3H3,(H,17,18). The third-order valence-electron chi connectivity index (χ3n) is 2.36. The molecule has 0 fully saturated rings. The van der Waals surface area contributed by atoms with Crippen molar-refractivity contribution in [3.8, 4) is 0 Å². The van der Waals surface area contributed by atoms with Crippen LogP contribution in [0.15, 0.2) is 0 Å². The van der Waals surface area contributed by atoms with Gasteiger partial charge in [0, 0.05) is 0 Å². The Hall–Kier alpha value is -0.770. The van der Waals surface area contributed by atoms with Gasteiger partial charge in [-0.3, -0.25) is 0 Å². The molecule has 6 N–H and O–H groups in total. The lowest BCUT2D eigenvalue weighted by Gasteiger charge is -2.29. The highest BCUT2D eigenvalue weighted by molar-refractivity contribution is 5.72. The van der Waals surface area contributed by atoms with Crippen LogP contribution in [0.3, 0.4) is 0 Å². The van der Waals surface area contributed by atoms with Crippen LogP contribution in [0.4, 0.5) is 0 Å². The van der Waals surface area contributed by atoms with Gasteiger partial charge in [0.15, 0.2) is 6.10 Å². The van der Waals surface area contributed by atoms with Gasteiger partial charge in [-0.05, 0) is 20.8 Å². The Morgan fingerprint density at radius 1 is 1.00 bits per heavy atom. The van der Waals surface area contributed by atoms with Crippen molar-refractivity contribution in [2.24, 2.45) is 0 Å². The Bertz CT molecular complexity index is 287. The van der Waals surface area contributed by atoms with Gasteiger partial charge < -0.3 is 35.4 Å². The van der Waals surface area contributed by atoms with E-state index in [4.69, 9.17) is 14.9 Å². The van der Waals surface area contributed by atoms with Crippen LogP contribution in [-0.4, -0.2) is 79.3 Å². The maximum absolute atomic E-state index is 10.4. The smallest absolute Gasteiger partial charge is 0.335 e. The molecular formula is C11H22O8. The number of ether oxygens (including phenoxy) is 1. The molecule has 114 valence electrons. The molecule has 0 radical (unpaired) electrons. The van der Waals surface area contributed by atoms with Gasteiger partial charge in [0.25, 0.3) is 0 Å². The van der Waals surface area contributed by atoms with Crippen molar-refractivity contribution in [2.75, 3.05) is 6.61 Å². The molecule has 0 bridgehead atoms. The minimum atomic E-state index is -2.26. The summed E-state index contributed by atoms with van der Waals surface area (Å²) in [5.74, 6) is -1.75. The Balaban J connectivity index is 4.46. The van der Waals surface area contributed by atoms with E-state index in [-0.39, 0.29) is 6.61 Å². The van der Waals surface area contributed by atoms with Crippen LogP contribution in [0.2, 0.25) is 0 Å². The van der Waals surface area contributed by atoms with Gasteiger partial charge in [0.1, 0.15) is 24.4 Å². The van der Waals surface area contributed by atoms with E-state index >= 15 is 0 Å². The van der Waals surface area contributed by atoms with E-state index in [0.29, 0.717) is 0 Å². The van der Waals surface area contributed by atoms with Gasteiger partial charge in [0.2, 0.25) is 0 Å². The topological polar surface area (TPSA) is 148 Å². The number of carboxylic acid groups (broad SMARTS) is 1. The molecule has 0 aromatic carbocycles. The summed E-state index contributed by atoms with van der Waals surface area (Å²) in [4.78, 5) is 10.4. The van der Waals surface area contributed by atoms with E-state index in [9.17, 15) is 25.2 Å². The fraction of sp³-hybridized carbons (Fsp3) is 0.909. The number of hydrogen-bond acceptors (Lipinski definition) is 7. The maximum Gasteiger partial charge on any atom is 0.335 e. The van der Waals surface area contributed by atoms with Crippen molar-refractivity contribution in [3.63, 3.8) is 0 Å². The molecular weight excluding hydrogens is 260 g/mol. The first-order valence-corrected chi connectivity index (χ1v) is 5.74. The minimum Gasteiger partial charge on any atom is -0.479 e. The molecule has 0 aromatic rings. The van der Waals surface area contributed by atoms with E-state index in [1.54, 1.807) is 20.8 Å². The summed E-state index contributed by atoms with van der Waals surface area (Å²) in [6.45, 7) is 4.82. The first-order chi connectivity index (χ1) is 8.47. The van der Waals surface area contributed by atoms with E-state index < -0.39 is 42.1 Å². The van der Waals surface area contributed by atoms with Crippen LogP contribution in [0.5, 0.6) is 0 Å². The minimum absolute atomic E-state index is 0.322. The highest BCUT2D eigenvalue weighted by Crippen LogP contribution is 2.12. The van der Waals surface area contributed by atoms with Gasteiger partial charge in [-0.2, -0.15) is 0 Å². The van der Waals surface area contributed by atoms with Crippen LogP contribution in [-0.2, 0) is 9.53 Å². The van der Waals surface area contributed by atoms with Gasteiger partial charge in [0.05, 0.1) is 12.2 Å². The molecule has 0 aliphatic heterocycles. The molecule has 0 saturated carbocycles. The zero-order valence-corrected chi connectivity index (χ0v) is 11.1. The number of aliphatic carboxylic acids is 1. The number of hydrogen-bond donors (Lipinski definition) is 6. The van der Waals surface area contributed by atoms with Crippen molar-refractivity contribution in [1.82, 2.24) is 0 Å². The molecule has 8 heteroatoms. The molecule has 0 aliphatic rings. The number of carboxylic acids is 1. The van der Waals surface area contributed by atoms with E-state index in [1.807, 2.05) is 0 Å². The predicted molar refractivity (Wildman–Crippen MR) is 63.4 cm³/mol. The molecule has 0 rings (SSSR count). The highest BCUT2D eigenvalue weighted by Gasteiger charge is 2.37. The molecule has 0 saturated heterocycles. The largest absolute Gasteiger partial charge is 0.479 e. The lowest BCUT2D eigenvalue weighted by Crippen LogP contribution is -2.52. The monoisotopic (exact) mass is 282 g/mol. The molecule has 0 heterocycles. The van der Waals surface area contributed by atoms with Crippen molar-refractivity contribution in [1.29, 1.82) is 0 Å². The first kappa shape index (κ1) is 18.2. The summed E-state index contributed by atoms with van der Waals surface area (Å²) in [7, 11) is 0. The predicted octanol–water partition coefficient (Wildman–Crippen LogP) is -2.31. The molecule has 19 heavy (non-hydrogen) atoms. The zero-order valence-electron chi connectivity index (χ0n) is 11.1.